The second kappa shape index (κ2) is 8.16. The molecule has 1 saturated heterocycles. The minimum Gasteiger partial charge on any atom is -0.378 e. The van der Waals surface area contributed by atoms with Gasteiger partial charge < -0.3 is 18.7 Å². The van der Waals surface area contributed by atoms with Gasteiger partial charge in [0, 0.05) is 36.8 Å². The monoisotopic (exact) mass is 438 g/mol. The number of ether oxygens (including phenoxy) is 1. The molecule has 0 radical (unpaired) electrons. The van der Waals surface area contributed by atoms with E-state index in [-0.39, 0.29) is 22.7 Å². The number of pyridine rings is 1. The van der Waals surface area contributed by atoms with E-state index >= 15 is 0 Å². The Morgan fingerprint density at radius 1 is 1.12 bits per heavy atom. The summed E-state index contributed by atoms with van der Waals surface area (Å²) in [6.45, 7) is 4.70. The molecule has 164 valence electrons. The van der Waals surface area contributed by atoms with Gasteiger partial charge in [0.1, 0.15) is 17.2 Å². The molecule has 0 unspecified atom stereocenters. The highest BCUT2D eigenvalue weighted by atomic mass is 19.1. The van der Waals surface area contributed by atoms with Gasteiger partial charge in [0.25, 0.3) is 5.89 Å². The van der Waals surface area contributed by atoms with Crippen LogP contribution in [-0.2, 0) is 11.3 Å². The molecule has 0 saturated carbocycles. The number of hydrogen-bond donors (Lipinski definition) is 0. The second-order valence-corrected chi connectivity index (χ2v) is 7.51. The van der Waals surface area contributed by atoms with E-state index in [9.17, 15) is 13.6 Å². The molecule has 32 heavy (non-hydrogen) atoms. The molecule has 3 heterocycles. The van der Waals surface area contributed by atoms with Gasteiger partial charge in [-0.1, -0.05) is 17.3 Å². The van der Waals surface area contributed by atoms with Gasteiger partial charge in [-0.3, -0.25) is 4.79 Å². The SMILES string of the molecule is CCn1cc(-c2nc(-c3cccc(F)c3)no2)c(=O)c2cc(F)c(N3CCOCC3)cc21. The number of aryl methyl sites for hydroxylation is 1. The first-order valence-corrected chi connectivity index (χ1v) is 10.3. The van der Waals surface area contributed by atoms with Crippen LogP contribution in [0.3, 0.4) is 0 Å². The summed E-state index contributed by atoms with van der Waals surface area (Å²) in [4.78, 5) is 19.4. The number of anilines is 1. The third-order valence-electron chi connectivity index (χ3n) is 5.58. The molecule has 5 rings (SSSR count). The summed E-state index contributed by atoms with van der Waals surface area (Å²) in [5.41, 5.74) is 1.24. The predicted molar refractivity (Wildman–Crippen MR) is 116 cm³/mol. The molecule has 2 aromatic heterocycles. The summed E-state index contributed by atoms with van der Waals surface area (Å²) in [5.74, 6) is -0.742. The van der Waals surface area contributed by atoms with Crippen LogP contribution in [0.4, 0.5) is 14.5 Å². The highest BCUT2D eigenvalue weighted by Crippen LogP contribution is 2.28. The highest BCUT2D eigenvalue weighted by Gasteiger charge is 2.21. The normalized spacial score (nSPS) is 14.3. The number of hydrogen-bond acceptors (Lipinski definition) is 6. The molecule has 0 atom stereocenters. The van der Waals surface area contributed by atoms with Crippen molar-refractivity contribution in [2.75, 3.05) is 31.2 Å². The molecular formula is C23H20F2N4O3. The predicted octanol–water partition coefficient (Wildman–Crippen LogP) is 3.85. The summed E-state index contributed by atoms with van der Waals surface area (Å²) in [5, 5.41) is 4.11. The van der Waals surface area contributed by atoms with Gasteiger partial charge in [-0.05, 0) is 31.2 Å². The van der Waals surface area contributed by atoms with E-state index in [1.54, 1.807) is 18.3 Å². The molecule has 7 nitrogen and oxygen atoms in total. The van der Waals surface area contributed by atoms with Crippen molar-refractivity contribution in [1.29, 1.82) is 0 Å². The molecular weight excluding hydrogens is 418 g/mol. The third kappa shape index (κ3) is 3.54. The number of rotatable bonds is 4. The van der Waals surface area contributed by atoms with Crippen molar-refractivity contribution in [3.63, 3.8) is 0 Å². The zero-order chi connectivity index (χ0) is 22.2. The minimum atomic E-state index is -0.470. The Hall–Kier alpha value is -3.59. The largest absolute Gasteiger partial charge is 0.378 e. The molecule has 0 spiro atoms. The molecule has 2 aromatic carbocycles. The van der Waals surface area contributed by atoms with E-state index in [1.807, 2.05) is 16.4 Å². The third-order valence-corrected chi connectivity index (χ3v) is 5.58. The maximum atomic E-state index is 15.0. The second-order valence-electron chi connectivity index (χ2n) is 7.51. The molecule has 0 N–H and O–H groups in total. The maximum absolute atomic E-state index is 15.0. The maximum Gasteiger partial charge on any atom is 0.263 e. The molecule has 9 heteroatoms. The number of morpholine rings is 1. The van der Waals surface area contributed by atoms with Crippen LogP contribution >= 0.6 is 0 Å². The summed E-state index contributed by atoms with van der Waals surface area (Å²) < 4.78 is 41.1. The smallest absolute Gasteiger partial charge is 0.263 e. The molecule has 1 aliphatic rings. The topological polar surface area (TPSA) is 73.4 Å². The van der Waals surface area contributed by atoms with Crippen LogP contribution in [0.1, 0.15) is 6.92 Å². The van der Waals surface area contributed by atoms with E-state index in [1.165, 1.54) is 24.3 Å². The van der Waals surface area contributed by atoms with E-state index in [0.717, 1.165) is 0 Å². The fraction of sp³-hybridized carbons (Fsp3) is 0.261. The number of fused-ring (bicyclic) bond motifs is 1. The first kappa shape index (κ1) is 20.3. The lowest BCUT2D eigenvalue weighted by atomic mass is 10.1. The molecule has 0 amide bonds. The van der Waals surface area contributed by atoms with Crippen LogP contribution in [0.15, 0.2) is 51.9 Å². The van der Waals surface area contributed by atoms with Crippen molar-refractivity contribution in [3.05, 3.63) is 64.5 Å². The fourth-order valence-electron chi connectivity index (χ4n) is 3.94. The van der Waals surface area contributed by atoms with E-state index in [0.29, 0.717) is 49.6 Å². The van der Waals surface area contributed by atoms with Crippen molar-refractivity contribution < 1.29 is 18.0 Å². The molecule has 4 aromatic rings. The van der Waals surface area contributed by atoms with E-state index < -0.39 is 17.1 Å². The summed E-state index contributed by atoms with van der Waals surface area (Å²) in [6.07, 6.45) is 1.63. The van der Waals surface area contributed by atoms with Crippen LogP contribution in [0, 0.1) is 11.6 Å². The Bertz CT molecular complexity index is 1360. The van der Waals surface area contributed by atoms with Crippen molar-refractivity contribution >= 4 is 16.6 Å². The van der Waals surface area contributed by atoms with Gasteiger partial charge in [-0.2, -0.15) is 4.98 Å². The van der Waals surface area contributed by atoms with Gasteiger partial charge in [0.2, 0.25) is 11.3 Å². The summed E-state index contributed by atoms with van der Waals surface area (Å²) in [7, 11) is 0. The number of benzene rings is 2. The van der Waals surface area contributed by atoms with Crippen molar-refractivity contribution in [3.8, 4) is 22.8 Å². The lowest BCUT2D eigenvalue weighted by Gasteiger charge is -2.29. The molecule has 1 fully saturated rings. The van der Waals surface area contributed by atoms with Crippen molar-refractivity contribution in [1.82, 2.24) is 14.7 Å². The Balaban J connectivity index is 1.62. The highest BCUT2D eigenvalue weighted by molar-refractivity contribution is 5.86. The zero-order valence-corrected chi connectivity index (χ0v) is 17.3. The quantitative estimate of drug-likeness (QED) is 0.482. The standard InChI is InChI=1S/C23H20F2N4O3/c1-2-28-13-17(23-26-22(27-32-23)14-4-3-5-15(24)10-14)21(30)16-11-18(25)20(12-19(16)28)29-6-8-31-9-7-29/h3-5,10-13H,2,6-9H2,1H3. The number of halogens is 2. The van der Waals surface area contributed by atoms with Crippen LogP contribution in [0.25, 0.3) is 33.7 Å². The van der Waals surface area contributed by atoms with E-state index in [2.05, 4.69) is 10.1 Å². The molecule has 0 aliphatic carbocycles. The Morgan fingerprint density at radius 3 is 2.69 bits per heavy atom. The molecule has 1 aliphatic heterocycles. The van der Waals surface area contributed by atoms with Crippen LogP contribution in [-0.4, -0.2) is 41.0 Å². The first-order valence-electron chi connectivity index (χ1n) is 10.3. The number of nitrogens with zero attached hydrogens (tertiary/aromatic N) is 4. The first-order chi connectivity index (χ1) is 15.5. The molecule has 0 bridgehead atoms. The van der Waals surface area contributed by atoms with Crippen molar-refractivity contribution in [2.24, 2.45) is 0 Å². The van der Waals surface area contributed by atoms with Gasteiger partial charge >= 0.3 is 0 Å². The average Bonchev–Trinajstić information content (AvgIpc) is 3.30. The summed E-state index contributed by atoms with van der Waals surface area (Å²) in [6, 6.07) is 8.74. The Morgan fingerprint density at radius 2 is 1.94 bits per heavy atom. The fourth-order valence-corrected chi connectivity index (χ4v) is 3.94. The van der Waals surface area contributed by atoms with Crippen molar-refractivity contribution in [2.45, 2.75) is 13.5 Å². The summed E-state index contributed by atoms with van der Waals surface area (Å²) >= 11 is 0. The average molecular weight is 438 g/mol. The van der Waals surface area contributed by atoms with Gasteiger partial charge in [-0.25, -0.2) is 8.78 Å². The Labute approximate surface area is 181 Å². The van der Waals surface area contributed by atoms with Gasteiger partial charge in [0.15, 0.2) is 0 Å². The lowest BCUT2D eigenvalue weighted by molar-refractivity contribution is 0.122. The minimum absolute atomic E-state index is 0.00368. The number of aromatic nitrogens is 3. The van der Waals surface area contributed by atoms with E-state index in [4.69, 9.17) is 9.26 Å². The van der Waals surface area contributed by atoms with Crippen LogP contribution in [0.5, 0.6) is 0 Å². The van der Waals surface area contributed by atoms with Gasteiger partial charge in [0.05, 0.1) is 24.4 Å². The van der Waals surface area contributed by atoms with Gasteiger partial charge in [-0.15, -0.1) is 0 Å². The Kier molecular flexibility index (Phi) is 5.18. The zero-order valence-electron chi connectivity index (χ0n) is 17.3. The van der Waals surface area contributed by atoms with Crippen LogP contribution < -0.4 is 10.3 Å². The van der Waals surface area contributed by atoms with Crippen LogP contribution in [0.2, 0.25) is 0 Å². The lowest BCUT2D eigenvalue weighted by Crippen LogP contribution is -2.36.